The van der Waals surface area contributed by atoms with Crippen molar-refractivity contribution in [2.75, 3.05) is 26.4 Å². The molecule has 0 aromatic heterocycles. The van der Waals surface area contributed by atoms with Crippen molar-refractivity contribution in [2.24, 2.45) is 0 Å². The summed E-state index contributed by atoms with van der Waals surface area (Å²) < 4.78 is 10.3. The van der Waals surface area contributed by atoms with E-state index in [2.05, 4.69) is 10.6 Å². The second-order valence-corrected chi connectivity index (χ2v) is 5.38. The lowest BCUT2D eigenvalue weighted by molar-refractivity contribution is -0.147. The molecule has 8 nitrogen and oxygen atoms in total. The number of aliphatic carboxylic acids is 1. The molecule has 1 saturated heterocycles. The Morgan fingerprint density at radius 2 is 2.00 bits per heavy atom. The summed E-state index contributed by atoms with van der Waals surface area (Å²) in [6.07, 6.45) is 0.195. The summed E-state index contributed by atoms with van der Waals surface area (Å²) in [4.78, 5) is 35.2. The first kappa shape index (κ1) is 17.7. The Kier molecular flexibility index (Phi) is 5.75. The van der Waals surface area contributed by atoms with Gasteiger partial charge < -0.3 is 25.2 Å². The summed E-state index contributed by atoms with van der Waals surface area (Å²) in [5.41, 5.74) is -1.04. The van der Waals surface area contributed by atoms with Gasteiger partial charge in [0.15, 0.2) is 5.54 Å². The monoisotopic (exact) mass is 336 g/mol. The van der Waals surface area contributed by atoms with Crippen LogP contribution >= 0.6 is 0 Å². The van der Waals surface area contributed by atoms with Gasteiger partial charge in [0, 0.05) is 18.6 Å². The van der Waals surface area contributed by atoms with Crippen LogP contribution in [0.4, 0.5) is 0 Å². The van der Waals surface area contributed by atoms with Crippen LogP contribution in [0.5, 0.6) is 5.75 Å². The minimum Gasteiger partial charge on any atom is -0.494 e. The second kappa shape index (κ2) is 7.78. The summed E-state index contributed by atoms with van der Waals surface area (Å²) in [6, 6.07) is 6.49. The van der Waals surface area contributed by atoms with E-state index >= 15 is 0 Å². The molecule has 8 heteroatoms. The molecule has 0 radical (unpaired) electrons. The summed E-state index contributed by atoms with van der Waals surface area (Å²) in [5, 5.41) is 14.1. The van der Waals surface area contributed by atoms with Crippen molar-refractivity contribution in [1.82, 2.24) is 10.6 Å². The molecule has 1 unspecified atom stereocenters. The van der Waals surface area contributed by atoms with Crippen molar-refractivity contribution in [1.29, 1.82) is 0 Å². The summed E-state index contributed by atoms with van der Waals surface area (Å²) >= 11 is 0. The Bertz CT molecular complexity index is 607. The van der Waals surface area contributed by atoms with Crippen molar-refractivity contribution in [3.8, 4) is 5.75 Å². The van der Waals surface area contributed by atoms with Crippen molar-refractivity contribution in [3.63, 3.8) is 0 Å². The van der Waals surface area contributed by atoms with Crippen molar-refractivity contribution in [3.05, 3.63) is 29.8 Å². The Balaban J connectivity index is 1.86. The first-order chi connectivity index (χ1) is 11.5. The number of nitrogens with one attached hydrogen (secondary N) is 2. The molecular weight excluding hydrogens is 316 g/mol. The minimum atomic E-state index is -1.42. The number of hydrogen-bond donors (Lipinski definition) is 3. The number of ether oxygens (including phenoxy) is 2. The number of carboxylic acids is 1. The average Bonchev–Trinajstić information content (AvgIpc) is 3.03. The molecule has 0 bridgehead atoms. The molecular formula is C16H20N2O6. The average molecular weight is 336 g/mol. The molecule has 1 atom stereocenters. The third-order valence-corrected chi connectivity index (χ3v) is 3.65. The number of hydrogen-bond acceptors (Lipinski definition) is 5. The lowest BCUT2D eigenvalue weighted by Gasteiger charge is -2.23. The topological polar surface area (TPSA) is 114 Å². The van der Waals surface area contributed by atoms with Crippen molar-refractivity contribution < 1.29 is 29.0 Å². The quantitative estimate of drug-likeness (QED) is 0.654. The fourth-order valence-electron chi connectivity index (χ4n) is 2.33. The fraction of sp³-hybridized carbons (Fsp3) is 0.438. The van der Waals surface area contributed by atoms with Crippen LogP contribution in [0.2, 0.25) is 0 Å². The van der Waals surface area contributed by atoms with E-state index < -0.39 is 23.3 Å². The molecule has 0 saturated carbocycles. The molecule has 1 aliphatic rings. The van der Waals surface area contributed by atoms with Gasteiger partial charge in [-0.2, -0.15) is 0 Å². The Morgan fingerprint density at radius 1 is 1.29 bits per heavy atom. The van der Waals surface area contributed by atoms with Gasteiger partial charge in [-0.25, -0.2) is 4.79 Å². The first-order valence-corrected chi connectivity index (χ1v) is 7.60. The molecule has 2 rings (SSSR count). The second-order valence-electron chi connectivity index (χ2n) is 5.38. The SMILES string of the molecule is CCOc1ccc(C(=O)NCC(=O)NC2(C(=O)O)CCOC2)cc1. The van der Waals surface area contributed by atoms with Gasteiger partial charge in [-0.05, 0) is 31.2 Å². The van der Waals surface area contributed by atoms with E-state index in [1.807, 2.05) is 6.92 Å². The molecule has 130 valence electrons. The predicted molar refractivity (Wildman–Crippen MR) is 83.9 cm³/mol. The molecule has 2 amide bonds. The van der Waals surface area contributed by atoms with Gasteiger partial charge >= 0.3 is 5.97 Å². The molecule has 1 fully saturated rings. The van der Waals surface area contributed by atoms with E-state index in [4.69, 9.17) is 9.47 Å². The largest absolute Gasteiger partial charge is 0.494 e. The number of carbonyl (C=O) groups excluding carboxylic acids is 2. The highest BCUT2D eigenvalue weighted by Crippen LogP contribution is 2.18. The summed E-state index contributed by atoms with van der Waals surface area (Å²) in [5.74, 6) is -1.51. The van der Waals surface area contributed by atoms with Gasteiger partial charge in [0.05, 0.1) is 19.8 Å². The highest BCUT2D eigenvalue weighted by molar-refractivity contribution is 5.97. The van der Waals surface area contributed by atoms with E-state index in [-0.39, 0.29) is 26.2 Å². The highest BCUT2D eigenvalue weighted by atomic mass is 16.5. The van der Waals surface area contributed by atoms with Gasteiger partial charge in [0.1, 0.15) is 5.75 Å². The zero-order valence-electron chi connectivity index (χ0n) is 13.3. The third-order valence-electron chi connectivity index (χ3n) is 3.65. The summed E-state index contributed by atoms with van der Waals surface area (Å²) in [6.45, 7) is 2.26. The third kappa shape index (κ3) is 4.23. The van der Waals surface area contributed by atoms with Crippen LogP contribution in [0.25, 0.3) is 0 Å². The van der Waals surface area contributed by atoms with Crippen LogP contribution in [0.1, 0.15) is 23.7 Å². The van der Waals surface area contributed by atoms with Gasteiger partial charge in [0.2, 0.25) is 5.91 Å². The fourth-order valence-corrected chi connectivity index (χ4v) is 2.33. The predicted octanol–water partition coefficient (Wildman–Crippen LogP) is 0.175. The first-order valence-electron chi connectivity index (χ1n) is 7.60. The maximum absolute atomic E-state index is 12.0. The molecule has 0 aliphatic carbocycles. The van der Waals surface area contributed by atoms with Gasteiger partial charge in [-0.1, -0.05) is 0 Å². The van der Waals surface area contributed by atoms with E-state index in [9.17, 15) is 19.5 Å². The lowest BCUT2D eigenvalue weighted by atomic mass is 9.99. The Hall–Kier alpha value is -2.61. The van der Waals surface area contributed by atoms with Crippen LogP contribution < -0.4 is 15.4 Å². The highest BCUT2D eigenvalue weighted by Gasteiger charge is 2.43. The Labute approximate surface area is 139 Å². The molecule has 3 N–H and O–H groups in total. The summed E-state index contributed by atoms with van der Waals surface area (Å²) in [7, 11) is 0. The maximum Gasteiger partial charge on any atom is 0.331 e. The zero-order chi connectivity index (χ0) is 17.6. The molecule has 1 aromatic rings. The van der Waals surface area contributed by atoms with Crippen LogP contribution in [0.15, 0.2) is 24.3 Å². The van der Waals surface area contributed by atoms with Gasteiger partial charge in [0.25, 0.3) is 5.91 Å². The van der Waals surface area contributed by atoms with Gasteiger partial charge in [-0.3, -0.25) is 9.59 Å². The normalized spacial score (nSPS) is 19.5. The molecule has 1 aliphatic heterocycles. The van der Waals surface area contributed by atoms with Gasteiger partial charge in [-0.15, -0.1) is 0 Å². The number of carbonyl (C=O) groups is 3. The molecule has 1 aromatic carbocycles. The van der Waals surface area contributed by atoms with Crippen LogP contribution in [-0.2, 0) is 14.3 Å². The molecule has 24 heavy (non-hydrogen) atoms. The Morgan fingerprint density at radius 3 is 2.54 bits per heavy atom. The molecule has 0 spiro atoms. The number of benzene rings is 1. The van der Waals surface area contributed by atoms with Crippen LogP contribution in [0, 0.1) is 0 Å². The van der Waals surface area contributed by atoms with E-state index in [0.717, 1.165) is 0 Å². The number of rotatable bonds is 7. The van der Waals surface area contributed by atoms with E-state index in [1.165, 1.54) is 0 Å². The minimum absolute atomic E-state index is 0.0824. The van der Waals surface area contributed by atoms with Crippen molar-refractivity contribution in [2.45, 2.75) is 18.9 Å². The maximum atomic E-state index is 12.0. The number of carboxylic acid groups (broad SMARTS) is 1. The lowest BCUT2D eigenvalue weighted by Crippen LogP contribution is -2.57. The van der Waals surface area contributed by atoms with E-state index in [1.54, 1.807) is 24.3 Å². The van der Waals surface area contributed by atoms with E-state index in [0.29, 0.717) is 17.9 Å². The zero-order valence-corrected chi connectivity index (χ0v) is 13.3. The standard InChI is InChI=1S/C16H20N2O6/c1-2-24-12-5-3-11(4-6-12)14(20)17-9-13(19)18-16(15(21)22)7-8-23-10-16/h3-6H,2,7-10H2,1H3,(H,17,20)(H,18,19)(H,21,22). The van der Waals surface area contributed by atoms with Crippen LogP contribution in [0.3, 0.4) is 0 Å². The number of amides is 2. The molecule has 1 heterocycles. The smallest absolute Gasteiger partial charge is 0.331 e. The van der Waals surface area contributed by atoms with Crippen LogP contribution in [-0.4, -0.2) is 54.8 Å². The van der Waals surface area contributed by atoms with Crippen molar-refractivity contribution >= 4 is 17.8 Å².